The summed E-state index contributed by atoms with van der Waals surface area (Å²) in [5.41, 5.74) is 0. The molecule has 0 aromatic carbocycles. The number of aliphatic hydroxyl groups excluding tert-OH is 1. The van der Waals surface area contributed by atoms with E-state index in [4.69, 9.17) is 0 Å². The zero-order valence-electron chi connectivity index (χ0n) is 10.7. The molecule has 0 spiro atoms. The molecule has 0 aromatic rings. The Bertz CT molecular complexity index is 210. The Hall–Kier alpha value is -0.120. The molecule has 0 radical (unpaired) electrons. The van der Waals surface area contributed by atoms with Gasteiger partial charge in [0.15, 0.2) is 0 Å². The third-order valence-corrected chi connectivity index (χ3v) is 4.08. The second-order valence-electron chi connectivity index (χ2n) is 5.67. The van der Waals surface area contributed by atoms with Gasteiger partial charge in [-0.3, -0.25) is 4.90 Å². The minimum Gasteiger partial charge on any atom is -0.392 e. The fourth-order valence-electron chi connectivity index (χ4n) is 2.54. The van der Waals surface area contributed by atoms with Crippen LogP contribution in [0.3, 0.4) is 0 Å². The standard InChI is InChI=1S/C13H26N2O/c1-10(11(2)16)15(8-12-5-6-12)9-13-4-3-7-14-13/h10-14,16H,3-9H2,1-2H3. The van der Waals surface area contributed by atoms with E-state index in [2.05, 4.69) is 17.1 Å². The van der Waals surface area contributed by atoms with Crippen molar-refractivity contribution in [2.45, 2.75) is 57.7 Å². The third-order valence-electron chi connectivity index (χ3n) is 4.08. The number of nitrogens with one attached hydrogen (secondary N) is 1. The number of rotatable bonds is 6. The molecule has 2 fully saturated rings. The average molecular weight is 226 g/mol. The number of hydrogen-bond donors (Lipinski definition) is 2. The number of aliphatic hydroxyl groups is 1. The molecule has 0 aromatic heterocycles. The molecule has 3 unspecified atom stereocenters. The lowest BCUT2D eigenvalue weighted by Crippen LogP contribution is -2.47. The maximum Gasteiger partial charge on any atom is 0.0664 e. The van der Waals surface area contributed by atoms with Crippen molar-refractivity contribution >= 4 is 0 Å². The van der Waals surface area contributed by atoms with Crippen molar-refractivity contribution in [3.05, 3.63) is 0 Å². The summed E-state index contributed by atoms with van der Waals surface area (Å²) in [6.07, 6.45) is 5.17. The van der Waals surface area contributed by atoms with E-state index in [9.17, 15) is 5.11 Å². The summed E-state index contributed by atoms with van der Waals surface area (Å²) in [7, 11) is 0. The van der Waals surface area contributed by atoms with Gasteiger partial charge in [-0.25, -0.2) is 0 Å². The molecular weight excluding hydrogens is 200 g/mol. The SMILES string of the molecule is CC(O)C(C)N(CC1CC1)CC1CCCN1. The van der Waals surface area contributed by atoms with Gasteiger partial charge in [0.2, 0.25) is 0 Å². The fraction of sp³-hybridized carbons (Fsp3) is 1.00. The molecule has 1 saturated carbocycles. The van der Waals surface area contributed by atoms with Gasteiger partial charge >= 0.3 is 0 Å². The monoisotopic (exact) mass is 226 g/mol. The molecule has 3 atom stereocenters. The Morgan fingerprint density at radius 1 is 1.25 bits per heavy atom. The molecule has 1 saturated heterocycles. The van der Waals surface area contributed by atoms with Crippen LogP contribution in [0.5, 0.6) is 0 Å². The van der Waals surface area contributed by atoms with Crippen LogP contribution in [-0.4, -0.2) is 47.8 Å². The van der Waals surface area contributed by atoms with E-state index in [1.807, 2.05) is 6.92 Å². The van der Waals surface area contributed by atoms with Crippen LogP contribution in [0, 0.1) is 5.92 Å². The quantitative estimate of drug-likeness (QED) is 0.715. The molecule has 1 heterocycles. The summed E-state index contributed by atoms with van der Waals surface area (Å²) in [5.74, 6) is 0.905. The van der Waals surface area contributed by atoms with E-state index in [1.54, 1.807) is 0 Å². The predicted molar refractivity (Wildman–Crippen MR) is 66.5 cm³/mol. The molecule has 0 bridgehead atoms. The lowest BCUT2D eigenvalue weighted by molar-refractivity contribution is 0.0627. The average Bonchev–Trinajstić information content (AvgIpc) is 2.91. The maximum atomic E-state index is 9.74. The second-order valence-corrected chi connectivity index (χ2v) is 5.67. The largest absolute Gasteiger partial charge is 0.392 e. The fourth-order valence-corrected chi connectivity index (χ4v) is 2.54. The molecule has 1 aliphatic heterocycles. The van der Waals surface area contributed by atoms with Crippen LogP contribution in [0.25, 0.3) is 0 Å². The molecule has 2 aliphatic rings. The van der Waals surface area contributed by atoms with Crippen LogP contribution < -0.4 is 5.32 Å². The third kappa shape index (κ3) is 3.44. The highest BCUT2D eigenvalue weighted by atomic mass is 16.3. The van der Waals surface area contributed by atoms with Gasteiger partial charge in [-0.1, -0.05) is 0 Å². The second kappa shape index (κ2) is 5.48. The molecule has 94 valence electrons. The minimum absolute atomic E-state index is 0.222. The maximum absolute atomic E-state index is 9.74. The van der Waals surface area contributed by atoms with Gasteiger partial charge in [0.05, 0.1) is 6.10 Å². The Balaban J connectivity index is 1.84. The summed E-state index contributed by atoms with van der Waals surface area (Å²) in [6.45, 7) is 7.53. The van der Waals surface area contributed by atoms with Gasteiger partial charge < -0.3 is 10.4 Å². The first-order chi connectivity index (χ1) is 7.66. The number of nitrogens with zero attached hydrogens (tertiary/aromatic N) is 1. The highest BCUT2D eigenvalue weighted by Crippen LogP contribution is 2.30. The zero-order chi connectivity index (χ0) is 11.5. The zero-order valence-corrected chi connectivity index (χ0v) is 10.7. The molecule has 0 amide bonds. The van der Waals surface area contributed by atoms with E-state index < -0.39 is 0 Å². The summed E-state index contributed by atoms with van der Waals surface area (Å²) in [5, 5.41) is 13.3. The molecule has 2 N–H and O–H groups in total. The van der Waals surface area contributed by atoms with Crippen molar-refractivity contribution in [1.29, 1.82) is 0 Å². The van der Waals surface area contributed by atoms with Crippen LogP contribution in [-0.2, 0) is 0 Å². The molecule has 3 nitrogen and oxygen atoms in total. The smallest absolute Gasteiger partial charge is 0.0664 e. The van der Waals surface area contributed by atoms with Gasteiger partial charge in [0.1, 0.15) is 0 Å². The van der Waals surface area contributed by atoms with Crippen molar-refractivity contribution < 1.29 is 5.11 Å². The first kappa shape index (κ1) is 12.3. The van der Waals surface area contributed by atoms with Crippen LogP contribution >= 0.6 is 0 Å². The predicted octanol–water partition coefficient (Wildman–Crippen LogP) is 1.22. The minimum atomic E-state index is -0.222. The topological polar surface area (TPSA) is 35.5 Å². The van der Waals surface area contributed by atoms with E-state index in [0.717, 1.165) is 12.5 Å². The van der Waals surface area contributed by atoms with Gasteiger partial charge in [-0.15, -0.1) is 0 Å². The van der Waals surface area contributed by atoms with Gasteiger partial charge in [0.25, 0.3) is 0 Å². The van der Waals surface area contributed by atoms with Gasteiger partial charge in [0, 0.05) is 25.2 Å². The lowest BCUT2D eigenvalue weighted by atomic mass is 10.1. The summed E-state index contributed by atoms with van der Waals surface area (Å²) in [4.78, 5) is 2.49. The first-order valence-corrected chi connectivity index (χ1v) is 6.82. The summed E-state index contributed by atoms with van der Waals surface area (Å²) < 4.78 is 0. The Morgan fingerprint density at radius 2 is 2.00 bits per heavy atom. The van der Waals surface area contributed by atoms with Crippen molar-refractivity contribution in [3.8, 4) is 0 Å². The lowest BCUT2D eigenvalue weighted by Gasteiger charge is -2.33. The van der Waals surface area contributed by atoms with E-state index >= 15 is 0 Å². The molecule has 1 aliphatic carbocycles. The molecule has 16 heavy (non-hydrogen) atoms. The normalized spacial score (nSPS) is 29.6. The van der Waals surface area contributed by atoms with Crippen molar-refractivity contribution in [1.82, 2.24) is 10.2 Å². The van der Waals surface area contributed by atoms with E-state index in [-0.39, 0.29) is 6.10 Å². The van der Waals surface area contributed by atoms with Crippen LogP contribution in [0.15, 0.2) is 0 Å². The van der Waals surface area contributed by atoms with Crippen molar-refractivity contribution in [2.75, 3.05) is 19.6 Å². The van der Waals surface area contributed by atoms with Crippen LogP contribution in [0.2, 0.25) is 0 Å². The van der Waals surface area contributed by atoms with E-state index in [0.29, 0.717) is 12.1 Å². The van der Waals surface area contributed by atoms with Crippen LogP contribution in [0.4, 0.5) is 0 Å². The van der Waals surface area contributed by atoms with E-state index in [1.165, 1.54) is 38.8 Å². The molecular formula is C13H26N2O. The van der Waals surface area contributed by atoms with Gasteiger partial charge in [-0.2, -0.15) is 0 Å². The Morgan fingerprint density at radius 3 is 2.50 bits per heavy atom. The van der Waals surface area contributed by atoms with Crippen molar-refractivity contribution in [2.24, 2.45) is 5.92 Å². The highest BCUT2D eigenvalue weighted by molar-refractivity contribution is 4.85. The number of hydrogen-bond acceptors (Lipinski definition) is 3. The van der Waals surface area contributed by atoms with Gasteiger partial charge in [-0.05, 0) is 52.0 Å². The Kier molecular flexibility index (Phi) is 4.22. The molecule has 3 heteroatoms. The molecule has 2 rings (SSSR count). The van der Waals surface area contributed by atoms with Crippen LogP contribution in [0.1, 0.15) is 39.5 Å². The summed E-state index contributed by atoms with van der Waals surface area (Å²) >= 11 is 0. The highest BCUT2D eigenvalue weighted by Gasteiger charge is 2.30. The van der Waals surface area contributed by atoms with Crippen molar-refractivity contribution in [3.63, 3.8) is 0 Å². The Labute approximate surface area is 99.2 Å². The first-order valence-electron chi connectivity index (χ1n) is 6.82. The summed E-state index contributed by atoms with van der Waals surface area (Å²) in [6, 6.07) is 0.947.